The van der Waals surface area contributed by atoms with Gasteiger partial charge in [-0.15, -0.1) is 23.7 Å². The molecule has 0 bridgehead atoms. The second-order valence-corrected chi connectivity index (χ2v) is 5.97. The van der Waals surface area contributed by atoms with Crippen LogP contribution in [0.5, 0.6) is 5.75 Å². The van der Waals surface area contributed by atoms with Gasteiger partial charge in [0, 0.05) is 35.8 Å². The maximum atomic E-state index is 12.6. The van der Waals surface area contributed by atoms with Gasteiger partial charge in [-0.1, -0.05) is 0 Å². The molecule has 0 radical (unpaired) electrons. The highest BCUT2D eigenvalue weighted by Crippen LogP contribution is 2.28. The van der Waals surface area contributed by atoms with Gasteiger partial charge in [0.15, 0.2) is 5.13 Å². The SMILES string of the molecule is Cl.NC/C(=C\F)COc1ccc2c(c1)CCN(c1nccs1)C2=O. The Bertz CT molecular complexity index is 737. The van der Waals surface area contributed by atoms with Crippen LogP contribution in [0.4, 0.5) is 9.52 Å². The number of benzene rings is 1. The van der Waals surface area contributed by atoms with Crippen molar-refractivity contribution in [2.24, 2.45) is 5.73 Å². The number of anilines is 1. The van der Waals surface area contributed by atoms with Gasteiger partial charge in [-0.25, -0.2) is 9.37 Å². The van der Waals surface area contributed by atoms with E-state index in [1.165, 1.54) is 11.3 Å². The van der Waals surface area contributed by atoms with Crippen LogP contribution in [0.1, 0.15) is 15.9 Å². The monoisotopic (exact) mass is 369 g/mol. The predicted octanol–water partition coefficient (Wildman–Crippen LogP) is 2.96. The summed E-state index contributed by atoms with van der Waals surface area (Å²) in [5.74, 6) is 0.547. The van der Waals surface area contributed by atoms with E-state index in [-0.39, 0.29) is 31.5 Å². The lowest BCUT2D eigenvalue weighted by atomic mass is 9.99. The van der Waals surface area contributed by atoms with Crippen molar-refractivity contribution in [1.29, 1.82) is 0 Å². The molecule has 0 fully saturated rings. The molecule has 2 aromatic rings. The Morgan fingerprint density at radius 1 is 1.50 bits per heavy atom. The number of ether oxygens (including phenoxy) is 1. The fourth-order valence-corrected chi connectivity index (χ4v) is 3.06. The Morgan fingerprint density at radius 2 is 2.33 bits per heavy atom. The minimum atomic E-state index is -0.0564. The Labute approximate surface area is 149 Å². The molecule has 0 aliphatic carbocycles. The quantitative estimate of drug-likeness (QED) is 0.879. The van der Waals surface area contributed by atoms with E-state index < -0.39 is 0 Å². The number of hydrogen-bond donors (Lipinski definition) is 1. The van der Waals surface area contributed by atoms with Gasteiger partial charge >= 0.3 is 0 Å². The Balaban J connectivity index is 0.00000208. The largest absolute Gasteiger partial charge is 0.489 e. The van der Waals surface area contributed by atoms with Crippen LogP contribution in [0.25, 0.3) is 0 Å². The fraction of sp³-hybridized carbons (Fsp3) is 0.250. The molecule has 1 aliphatic heterocycles. The van der Waals surface area contributed by atoms with E-state index in [2.05, 4.69) is 4.98 Å². The summed E-state index contributed by atoms with van der Waals surface area (Å²) in [5.41, 5.74) is 7.36. The molecule has 0 spiro atoms. The number of thiazole rings is 1. The van der Waals surface area contributed by atoms with E-state index >= 15 is 0 Å². The molecule has 8 heteroatoms. The average Bonchev–Trinajstić information content (AvgIpc) is 3.10. The number of carbonyl (C=O) groups is 1. The number of hydrogen-bond acceptors (Lipinski definition) is 5. The van der Waals surface area contributed by atoms with E-state index in [1.54, 1.807) is 23.2 Å². The van der Waals surface area contributed by atoms with Gasteiger partial charge in [0.25, 0.3) is 5.91 Å². The van der Waals surface area contributed by atoms with Crippen molar-refractivity contribution in [3.63, 3.8) is 0 Å². The topological polar surface area (TPSA) is 68.5 Å². The van der Waals surface area contributed by atoms with Gasteiger partial charge in [0.1, 0.15) is 12.4 Å². The van der Waals surface area contributed by atoms with Gasteiger partial charge in [0.05, 0.1) is 6.33 Å². The van der Waals surface area contributed by atoms with Crippen molar-refractivity contribution < 1.29 is 13.9 Å². The summed E-state index contributed by atoms with van der Waals surface area (Å²) >= 11 is 1.44. The van der Waals surface area contributed by atoms with Crippen LogP contribution >= 0.6 is 23.7 Å². The highest BCUT2D eigenvalue weighted by atomic mass is 35.5. The van der Waals surface area contributed by atoms with Crippen LogP contribution in [0.3, 0.4) is 0 Å². The zero-order valence-electron chi connectivity index (χ0n) is 12.8. The third-order valence-corrected chi connectivity index (χ3v) is 4.44. The van der Waals surface area contributed by atoms with Gasteiger partial charge in [0.2, 0.25) is 0 Å². The smallest absolute Gasteiger partial charge is 0.260 e. The van der Waals surface area contributed by atoms with Crippen molar-refractivity contribution in [1.82, 2.24) is 4.98 Å². The fourth-order valence-electron chi connectivity index (χ4n) is 2.40. The van der Waals surface area contributed by atoms with Crippen LogP contribution < -0.4 is 15.4 Å². The molecule has 0 saturated carbocycles. The van der Waals surface area contributed by atoms with Crippen LogP contribution in [0, 0.1) is 0 Å². The van der Waals surface area contributed by atoms with E-state index in [1.807, 2.05) is 11.4 Å². The normalized spacial score (nSPS) is 14.2. The lowest BCUT2D eigenvalue weighted by Crippen LogP contribution is -2.37. The van der Waals surface area contributed by atoms with Crippen LogP contribution in [-0.2, 0) is 6.42 Å². The third kappa shape index (κ3) is 3.75. The average molecular weight is 370 g/mol. The Kier molecular flexibility index (Phi) is 6.30. The van der Waals surface area contributed by atoms with Gasteiger partial charge in [-0.3, -0.25) is 9.69 Å². The summed E-state index contributed by atoms with van der Waals surface area (Å²) in [7, 11) is 0. The summed E-state index contributed by atoms with van der Waals surface area (Å²) in [6.45, 7) is 0.801. The summed E-state index contributed by atoms with van der Waals surface area (Å²) in [6.07, 6.45) is 2.88. The molecule has 1 aliphatic rings. The predicted molar refractivity (Wildman–Crippen MR) is 94.9 cm³/mol. The number of rotatable bonds is 5. The number of fused-ring (bicyclic) bond motifs is 1. The number of aromatic nitrogens is 1. The number of halogens is 2. The number of amides is 1. The maximum absolute atomic E-state index is 12.6. The van der Waals surface area contributed by atoms with Crippen LogP contribution in [0.2, 0.25) is 0 Å². The molecular weight excluding hydrogens is 353 g/mol. The zero-order valence-corrected chi connectivity index (χ0v) is 14.4. The number of nitrogens with zero attached hydrogens (tertiary/aromatic N) is 2. The first-order valence-corrected chi connectivity index (χ1v) is 8.06. The molecule has 2 N–H and O–H groups in total. The molecule has 0 saturated heterocycles. The molecule has 2 heterocycles. The zero-order chi connectivity index (χ0) is 16.2. The second kappa shape index (κ2) is 8.23. The minimum absolute atomic E-state index is 0. The van der Waals surface area contributed by atoms with Crippen molar-refractivity contribution in [3.05, 3.63) is 52.8 Å². The Hall–Kier alpha value is -1.96. The molecule has 1 amide bonds. The molecule has 3 rings (SSSR count). The van der Waals surface area contributed by atoms with Gasteiger partial charge in [-0.2, -0.15) is 0 Å². The first kappa shape index (κ1) is 18.4. The van der Waals surface area contributed by atoms with Crippen LogP contribution in [-0.4, -0.2) is 30.6 Å². The van der Waals surface area contributed by atoms with Crippen molar-refractivity contribution in [2.75, 3.05) is 24.6 Å². The highest BCUT2D eigenvalue weighted by molar-refractivity contribution is 7.13. The van der Waals surface area contributed by atoms with Crippen molar-refractivity contribution in [3.8, 4) is 5.75 Å². The second-order valence-electron chi connectivity index (χ2n) is 5.10. The minimum Gasteiger partial charge on any atom is -0.489 e. The molecule has 0 unspecified atom stereocenters. The van der Waals surface area contributed by atoms with E-state index in [9.17, 15) is 9.18 Å². The van der Waals surface area contributed by atoms with Crippen LogP contribution in [0.15, 0.2) is 41.7 Å². The molecule has 0 atom stereocenters. The number of nitrogens with two attached hydrogens (primary N) is 1. The molecule has 1 aromatic carbocycles. The molecule has 128 valence electrons. The molecule has 5 nitrogen and oxygen atoms in total. The first-order valence-electron chi connectivity index (χ1n) is 7.18. The van der Waals surface area contributed by atoms with Gasteiger partial charge in [-0.05, 0) is 30.2 Å². The summed E-state index contributed by atoms with van der Waals surface area (Å²) in [6, 6.07) is 5.29. The van der Waals surface area contributed by atoms with E-state index in [4.69, 9.17) is 10.5 Å². The van der Waals surface area contributed by atoms with E-state index in [0.29, 0.717) is 34.9 Å². The molecule has 1 aromatic heterocycles. The van der Waals surface area contributed by atoms with Crippen molar-refractivity contribution in [2.45, 2.75) is 6.42 Å². The van der Waals surface area contributed by atoms with Gasteiger partial charge < -0.3 is 10.5 Å². The lowest BCUT2D eigenvalue weighted by molar-refractivity contribution is 0.0980. The maximum Gasteiger partial charge on any atom is 0.260 e. The summed E-state index contributed by atoms with van der Waals surface area (Å²) in [5, 5.41) is 2.56. The highest BCUT2D eigenvalue weighted by Gasteiger charge is 2.27. The summed E-state index contributed by atoms with van der Waals surface area (Å²) in [4.78, 5) is 18.4. The molecule has 24 heavy (non-hydrogen) atoms. The standard InChI is InChI=1S/C16H16FN3O2S.ClH/c17-8-11(9-18)10-22-13-1-2-14-12(7-13)3-5-20(15(14)21)16-19-4-6-23-16;/h1-2,4,6-8H,3,5,9-10,18H2;1H/b11-8+;. The Morgan fingerprint density at radius 3 is 3.00 bits per heavy atom. The first-order chi connectivity index (χ1) is 11.2. The van der Waals surface area contributed by atoms with E-state index in [0.717, 1.165) is 12.0 Å². The van der Waals surface area contributed by atoms with Crippen molar-refractivity contribution >= 4 is 34.8 Å². The number of carbonyl (C=O) groups excluding carboxylic acids is 1. The molecular formula is C16H17ClFN3O2S. The lowest BCUT2D eigenvalue weighted by Gasteiger charge is -2.26. The summed E-state index contributed by atoms with van der Waals surface area (Å²) < 4.78 is 18.0. The third-order valence-electron chi connectivity index (χ3n) is 3.65.